The molecule has 34 heavy (non-hydrogen) atoms. The van der Waals surface area contributed by atoms with Crippen LogP contribution >= 0.6 is 11.3 Å². The minimum atomic E-state index is -3.77. The summed E-state index contributed by atoms with van der Waals surface area (Å²) in [5, 5.41) is 10.3. The topological polar surface area (TPSA) is 94.4 Å². The molecule has 2 aliphatic heterocycles. The van der Waals surface area contributed by atoms with Crippen molar-refractivity contribution in [3.63, 3.8) is 0 Å². The highest BCUT2D eigenvalue weighted by molar-refractivity contribution is 7.89. The van der Waals surface area contributed by atoms with Crippen LogP contribution in [0, 0.1) is 17.2 Å². The Kier molecular flexibility index (Phi) is 6.38. The predicted molar refractivity (Wildman–Crippen MR) is 131 cm³/mol. The smallest absolute Gasteiger partial charge is 0.244 e. The third-order valence-corrected chi connectivity index (χ3v) is 9.90. The molecule has 0 spiro atoms. The molecular formula is C25H26N4O3S2. The number of nitrogens with zero attached hydrogens (tertiary/aromatic N) is 4. The van der Waals surface area contributed by atoms with Gasteiger partial charge in [0.05, 0.1) is 26.7 Å². The van der Waals surface area contributed by atoms with Crippen LogP contribution < -0.4 is 0 Å². The van der Waals surface area contributed by atoms with E-state index >= 15 is 0 Å². The molecule has 0 saturated carbocycles. The Labute approximate surface area is 203 Å². The zero-order valence-corrected chi connectivity index (χ0v) is 20.4. The summed E-state index contributed by atoms with van der Waals surface area (Å²) < 4.78 is 28.8. The van der Waals surface area contributed by atoms with Crippen molar-refractivity contribution in [3.8, 4) is 6.07 Å². The summed E-state index contributed by atoms with van der Waals surface area (Å²) >= 11 is 1.66. The van der Waals surface area contributed by atoms with E-state index in [0.717, 1.165) is 34.5 Å². The molecule has 2 saturated heterocycles. The molecule has 0 radical (unpaired) electrons. The Balaban J connectivity index is 1.30. The van der Waals surface area contributed by atoms with Gasteiger partial charge in [-0.1, -0.05) is 24.3 Å². The van der Waals surface area contributed by atoms with Crippen LogP contribution in [0.2, 0.25) is 0 Å². The molecule has 3 aromatic rings. The number of thiazole rings is 1. The van der Waals surface area contributed by atoms with Crippen LogP contribution in [0.4, 0.5) is 0 Å². The van der Waals surface area contributed by atoms with Gasteiger partial charge < -0.3 is 4.90 Å². The Bertz CT molecular complexity index is 1320. The summed E-state index contributed by atoms with van der Waals surface area (Å²) in [5.74, 6) is -0.0916. The third-order valence-electron chi connectivity index (χ3n) is 6.81. The van der Waals surface area contributed by atoms with E-state index in [1.54, 1.807) is 23.5 Å². The van der Waals surface area contributed by atoms with E-state index in [4.69, 9.17) is 4.98 Å². The SMILES string of the molecule is N#Cc1ccccc1S(=O)(=O)N1CCC(C(=O)N2CCCCC2c2nc3ccccc3s2)CC1. The van der Waals surface area contributed by atoms with Crippen molar-refractivity contribution in [1.29, 1.82) is 5.26 Å². The van der Waals surface area contributed by atoms with E-state index in [1.807, 2.05) is 29.2 Å². The van der Waals surface area contributed by atoms with E-state index in [0.29, 0.717) is 19.4 Å². The van der Waals surface area contributed by atoms with Gasteiger partial charge in [-0.3, -0.25) is 4.79 Å². The Morgan fingerprint density at radius 3 is 2.50 bits per heavy atom. The van der Waals surface area contributed by atoms with Gasteiger partial charge in [0.25, 0.3) is 0 Å². The lowest BCUT2D eigenvalue weighted by Crippen LogP contribution is -2.46. The maximum atomic E-state index is 13.6. The number of para-hydroxylation sites is 1. The Morgan fingerprint density at radius 2 is 1.74 bits per heavy atom. The number of carbonyl (C=O) groups is 1. The van der Waals surface area contributed by atoms with E-state index < -0.39 is 10.0 Å². The first-order chi connectivity index (χ1) is 16.5. The predicted octanol–water partition coefficient (Wildman–Crippen LogP) is 4.32. The summed E-state index contributed by atoms with van der Waals surface area (Å²) in [4.78, 5) is 20.4. The molecule has 7 nitrogen and oxygen atoms in total. The van der Waals surface area contributed by atoms with Crippen molar-refractivity contribution in [1.82, 2.24) is 14.2 Å². The van der Waals surface area contributed by atoms with Crippen LogP contribution in [0.15, 0.2) is 53.4 Å². The van der Waals surface area contributed by atoms with E-state index in [9.17, 15) is 18.5 Å². The number of piperidine rings is 2. The van der Waals surface area contributed by atoms with Crippen LogP contribution in [-0.2, 0) is 14.8 Å². The monoisotopic (exact) mass is 494 g/mol. The van der Waals surface area contributed by atoms with Gasteiger partial charge in [0.2, 0.25) is 15.9 Å². The van der Waals surface area contributed by atoms with Crippen LogP contribution in [-0.4, -0.2) is 48.1 Å². The van der Waals surface area contributed by atoms with Crippen LogP contribution in [0.25, 0.3) is 10.2 Å². The standard InChI is InChI=1S/C25H26N4O3S2/c26-17-19-7-1-4-11-23(19)34(31,32)28-15-12-18(13-16-28)25(30)29-14-6-5-9-21(29)24-27-20-8-2-3-10-22(20)33-24/h1-4,7-8,10-11,18,21H,5-6,9,12-16H2. The molecule has 1 unspecified atom stereocenters. The van der Waals surface area contributed by atoms with E-state index in [2.05, 4.69) is 6.07 Å². The van der Waals surface area contributed by atoms with Gasteiger partial charge in [-0.05, 0) is 56.4 Å². The van der Waals surface area contributed by atoms with Crippen molar-refractivity contribution in [2.75, 3.05) is 19.6 Å². The minimum Gasteiger partial charge on any atom is -0.333 e. The van der Waals surface area contributed by atoms with Crippen molar-refractivity contribution in [2.45, 2.75) is 43.0 Å². The second-order valence-electron chi connectivity index (χ2n) is 8.85. The van der Waals surface area contributed by atoms with Gasteiger partial charge in [-0.2, -0.15) is 9.57 Å². The van der Waals surface area contributed by atoms with Gasteiger partial charge >= 0.3 is 0 Å². The van der Waals surface area contributed by atoms with Gasteiger partial charge in [0.1, 0.15) is 11.1 Å². The molecule has 2 aromatic carbocycles. The average Bonchev–Trinajstić information content (AvgIpc) is 3.32. The summed E-state index contributed by atoms with van der Waals surface area (Å²) in [6.45, 7) is 1.27. The first-order valence-corrected chi connectivity index (χ1v) is 13.9. The Hall–Kier alpha value is -2.80. The van der Waals surface area contributed by atoms with Gasteiger partial charge in [0, 0.05) is 25.6 Å². The van der Waals surface area contributed by atoms with Crippen LogP contribution in [0.1, 0.15) is 48.7 Å². The molecular weight excluding hydrogens is 468 g/mol. The summed E-state index contributed by atoms with van der Waals surface area (Å²) in [5.41, 5.74) is 1.12. The Morgan fingerprint density at radius 1 is 1.00 bits per heavy atom. The maximum absolute atomic E-state index is 13.6. The number of hydrogen-bond donors (Lipinski definition) is 0. The average molecular weight is 495 g/mol. The van der Waals surface area contributed by atoms with E-state index in [-0.39, 0.29) is 41.4 Å². The fraction of sp³-hybridized carbons (Fsp3) is 0.400. The summed E-state index contributed by atoms with van der Waals surface area (Å²) in [7, 11) is -3.77. The molecule has 2 aliphatic rings. The lowest BCUT2D eigenvalue weighted by atomic mass is 9.93. The molecule has 0 aliphatic carbocycles. The fourth-order valence-electron chi connectivity index (χ4n) is 4.99. The van der Waals surface area contributed by atoms with E-state index in [1.165, 1.54) is 16.4 Å². The number of carbonyl (C=O) groups excluding carboxylic acids is 1. The first-order valence-electron chi connectivity index (χ1n) is 11.6. The number of benzene rings is 2. The number of fused-ring (bicyclic) bond motifs is 1. The first kappa shape index (κ1) is 23.0. The molecule has 1 amide bonds. The quantitative estimate of drug-likeness (QED) is 0.538. The molecule has 5 rings (SSSR count). The van der Waals surface area contributed by atoms with Crippen molar-refractivity contribution < 1.29 is 13.2 Å². The van der Waals surface area contributed by atoms with Crippen molar-refractivity contribution >= 4 is 37.5 Å². The molecule has 3 heterocycles. The van der Waals surface area contributed by atoms with Crippen LogP contribution in [0.5, 0.6) is 0 Å². The van der Waals surface area contributed by atoms with Gasteiger partial charge in [-0.25, -0.2) is 13.4 Å². The number of likely N-dealkylation sites (tertiary alicyclic amines) is 1. The number of amides is 1. The van der Waals surface area contributed by atoms with Crippen molar-refractivity contribution in [3.05, 3.63) is 59.1 Å². The summed E-state index contributed by atoms with van der Waals surface area (Å²) in [6.07, 6.45) is 3.92. The maximum Gasteiger partial charge on any atom is 0.244 e. The molecule has 1 atom stereocenters. The van der Waals surface area contributed by atoms with Gasteiger partial charge in [0.15, 0.2) is 0 Å². The van der Waals surface area contributed by atoms with Gasteiger partial charge in [-0.15, -0.1) is 11.3 Å². The molecule has 1 aromatic heterocycles. The largest absolute Gasteiger partial charge is 0.333 e. The zero-order valence-electron chi connectivity index (χ0n) is 18.8. The molecule has 9 heteroatoms. The number of nitriles is 1. The summed E-state index contributed by atoms with van der Waals surface area (Å²) in [6, 6.07) is 16.3. The van der Waals surface area contributed by atoms with Crippen molar-refractivity contribution in [2.24, 2.45) is 5.92 Å². The fourth-order valence-corrected chi connectivity index (χ4v) is 7.71. The number of rotatable bonds is 4. The van der Waals surface area contributed by atoms with Crippen LogP contribution in [0.3, 0.4) is 0 Å². The lowest BCUT2D eigenvalue weighted by Gasteiger charge is -2.39. The highest BCUT2D eigenvalue weighted by Crippen LogP contribution is 2.37. The lowest BCUT2D eigenvalue weighted by molar-refractivity contribution is -0.140. The zero-order chi connectivity index (χ0) is 23.7. The molecule has 0 N–H and O–H groups in total. The highest BCUT2D eigenvalue weighted by Gasteiger charge is 2.38. The number of hydrogen-bond acceptors (Lipinski definition) is 6. The normalized spacial score (nSPS) is 20.3. The third kappa shape index (κ3) is 4.22. The number of sulfonamides is 1. The minimum absolute atomic E-state index is 0.0112. The number of aromatic nitrogens is 1. The second-order valence-corrected chi connectivity index (χ2v) is 11.8. The molecule has 0 bridgehead atoms. The second kappa shape index (κ2) is 9.45. The highest BCUT2D eigenvalue weighted by atomic mass is 32.2. The molecule has 176 valence electrons. The molecule has 2 fully saturated rings.